The number of amides is 2. The molecule has 0 bridgehead atoms. The van der Waals surface area contributed by atoms with Gasteiger partial charge in [-0.15, -0.1) is 6.58 Å². The van der Waals surface area contributed by atoms with E-state index in [0.29, 0.717) is 18.7 Å². The fourth-order valence-electron chi connectivity index (χ4n) is 2.52. The number of rotatable bonds is 7. The number of likely N-dealkylation sites (tertiary alicyclic amines) is 1. The molecule has 0 aromatic heterocycles. The molecule has 2 amide bonds. The first-order valence-electron chi connectivity index (χ1n) is 7.02. The van der Waals surface area contributed by atoms with E-state index in [1.54, 1.807) is 11.0 Å². The maximum atomic E-state index is 12.1. The van der Waals surface area contributed by atoms with Gasteiger partial charge in [0.05, 0.1) is 18.0 Å². The number of primary amides is 1. The fraction of sp³-hybridized carbons (Fsp3) is 0.600. The standard InChI is InChI=1S/C15H25N3O2/c1-5-7-13(17(3)4)12(14(16)19)10-18-9-8-11(6-2)15(18)20/h6,11H,2,5,7-10H2,1,3-4H3,(H2,16,19)/b13-12-. The second-order valence-electron chi connectivity index (χ2n) is 5.32. The lowest BCUT2D eigenvalue weighted by Crippen LogP contribution is -2.35. The van der Waals surface area contributed by atoms with Gasteiger partial charge in [0.2, 0.25) is 11.8 Å². The normalized spacial score (nSPS) is 19.9. The molecule has 20 heavy (non-hydrogen) atoms. The number of carbonyl (C=O) groups is 2. The van der Waals surface area contributed by atoms with E-state index in [2.05, 4.69) is 13.5 Å². The second kappa shape index (κ2) is 7.12. The van der Waals surface area contributed by atoms with Crippen molar-refractivity contribution in [1.29, 1.82) is 0 Å². The lowest BCUT2D eigenvalue weighted by molar-refractivity contribution is -0.129. The van der Waals surface area contributed by atoms with Crippen molar-refractivity contribution in [2.45, 2.75) is 26.2 Å². The van der Waals surface area contributed by atoms with E-state index in [1.165, 1.54) is 0 Å². The van der Waals surface area contributed by atoms with Crippen LogP contribution in [0.25, 0.3) is 0 Å². The lowest BCUT2D eigenvalue weighted by Gasteiger charge is -2.24. The predicted molar refractivity (Wildman–Crippen MR) is 79.7 cm³/mol. The van der Waals surface area contributed by atoms with Gasteiger partial charge in [-0.05, 0) is 12.8 Å². The topological polar surface area (TPSA) is 66.6 Å². The van der Waals surface area contributed by atoms with Gasteiger partial charge in [0.15, 0.2) is 0 Å². The molecule has 1 fully saturated rings. The summed E-state index contributed by atoms with van der Waals surface area (Å²) in [5, 5.41) is 0. The summed E-state index contributed by atoms with van der Waals surface area (Å²) in [6, 6.07) is 0. The lowest BCUT2D eigenvalue weighted by atomic mass is 10.1. The Morgan fingerprint density at radius 2 is 2.20 bits per heavy atom. The molecule has 0 spiro atoms. The number of hydrogen-bond donors (Lipinski definition) is 1. The van der Waals surface area contributed by atoms with Crippen LogP contribution in [0.15, 0.2) is 23.9 Å². The van der Waals surface area contributed by atoms with Crippen LogP contribution in [0.4, 0.5) is 0 Å². The summed E-state index contributed by atoms with van der Waals surface area (Å²) in [5.74, 6) is -0.538. The smallest absolute Gasteiger partial charge is 0.248 e. The van der Waals surface area contributed by atoms with E-state index in [0.717, 1.165) is 25.0 Å². The molecule has 1 unspecified atom stereocenters. The first kappa shape index (κ1) is 16.3. The van der Waals surface area contributed by atoms with Crippen molar-refractivity contribution in [2.24, 2.45) is 11.7 Å². The van der Waals surface area contributed by atoms with Gasteiger partial charge in [0.1, 0.15) is 0 Å². The highest BCUT2D eigenvalue weighted by molar-refractivity contribution is 5.94. The molecule has 0 radical (unpaired) electrons. The third kappa shape index (κ3) is 3.62. The zero-order chi connectivity index (χ0) is 15.3. The minimum absolute atomic E-state index is 0.0355. The maximum absolute atomic E-state index is 12.1. The third-order valence-corrected chi connectivity index (χ3v) is 3.64. The van der Waals surface area contributed by atoms with Crippen molar-refractivity contribution in [3.63, 3.8) is 0 Å². The van der Waals surface area contributed by atoms with E-state index in [1.807, 2.05) is 19.0 Å². The van der Waals surface area contributed by atoms with Crippen molar-refractivity contribution in [3.8, 4) is 0 Å². The third-order valence-electron chi connectivity index (χ3n) is 3.64. The fourth-order valence-corrected chi connectivity index (χ4v) is 2.52. The van der Waals surface area contributed by atoms with Crippen LogP contribution in [0.3, 0.4) is 0 Å². The molecule has 112 valence electrons. The van der Waals surface area contributed by atoms with Crippen LogP contribution in [0, 0.1) is 5.92 Å². The number of hydrogen-bond acceptors (Lipinski definition) is 3. The average molecular weight is 279 g/mol. The van der Waals surface area contributed by atoms with E-state index < -0.39 is 5.91 Å². The van der Waals surface area contributed by atoms with Crippen molar-refractivity contribution in [3.05, 3.63) is 23.9 Å². The molecule has 5 heteroatoms. The summed E-state index contributed by atoms with van der Waals surface area (Å²) in [6.07, 6.45) is 4.14. The van der Waals surface area contributed by atoms with Crippen LogP contribution < -0.4 is 5.73 Å². The molecule has 5 nitrogen and oxygen atoms in total. The van der Waals surface area contributed by atoms with Gasteiger partial charge in [-0.25, -0.2) is 0 Å². The molecule has 0 saturated carbocycles. The highest BCUT2D eigenvalue weighted by Gasteiger charge is 2.31. The molecule has 0 aromatic rings. The molecule has 1 aliphatic rings. The average Bonchev–Trinajstić information content (AvgIpc) is 2.73. The highest BCUT2D eigenvalue weighted by atomic mass is 16.2. The van der Waals surface area contributed by atoms with Gasteiger partial charge < -0.3 is 15.5 Å². The Hall–Kier alpha value is -1.78. The van der Waals surface area contributed by atoms with Crippen LogP contribution in [0.1, 0.15) is 26.2 Å². The molecule has 2 N–H and O–H groups in total. The van der Waals surface area contributed by atoms with Gasteiger partial charge in [0, 0.05) is 26.3 Å². The Bertz CT molecular complexity index is 427. The van der Waals surface area contributed by atoms with Crippen LogP contribution in [-0.4, -0.2) is 48.8 Å². The van der Waals surface area contributed by atoms with Crippen LogP contribution in [0.5, 0.6) is 0 Å². The predicted octanol–water partition coefficient (Wildman–Crippen LogP) is 1.12. The van der Waals surface area contributed by atoms with Crippen LogP contribution in [0.2, 0.25) is 0 Å². The monoisotopic (exact) mass is 279 g/mol. The Labute approximate surface area is 121 Å². The Morgan fingerprint density at radius 3 is 2.60 bits per heavy atom. The largest absolute Gasteiger partial charge is 0.381 e. The number of allylic oxidation sites excluding steroid dienone is 1. The summed E-state index contributed by atoms with van der Waals surface area (Å²) >= 11 is 0. The SMILES string of the molecule is C=CC1CCN(C/C(C(N)=O)=C(\CCC)N(C)C)C1=O. The van der Waals surface area contributed by atoms with Crippen molar-refractivity contribution in [1.82, 2.24) is 9.80 Å². The molecule has 1 atom stereocenters. The summed E-state index contributed by atoms with van der Waals surface area (Å²) in [4.78, 5) is 27.5. The summed E-state index contributed by atoms with van der Waals surface area (Å²) in [7, 11) is 3.79. The molecule has 0 aromatic carbocycles. The molecule has 1 heterocycles. The van der Waals surface area contributed by atoms with Gasteiger partial charge in [-0.2, -0.15) is 0 Å². The van der Waals surface area contributed by atoms with Crippen molar-refractivity contribution in [2.75, 3.05) is 27.2 Å². The van der Waals surface area contributed by atoms with Crippen molar-refractivity contribution < 1.29 is 9.59 Å². The van der Waals surface area contributed by atoms with Gasteiger partial charge >= 0.3 is 0 Å². The minimum Gasteiger partial charge on any atom is -0.381 e. The Kier molecular flexibility index (Phi) is 5.80. The molecular weight excluding hydrogens is 254 g/mol. The zero-order valence-corrected chi connectivity index (χ0v) is 12.7. The van der Waals surface area contributed by atoms with Crippen molar-refractivity contribution >= 4 is 11.8 Å². The Morgan fingerprint density at radius 1 is 1.55 bits per heavy atom. The van der Waals surface area contributed by atoms with E-state index >= 15 is 0 Å². The first-order valence-corrected chi connectivity index (χ1v) is 7.02. The van der Waals surface area contributed by atoms with E-state index in [9.17, 15) is 9.59 Å². The molecule has 1 aliphatic heterocycles. The van der Waals surface area contributed by atoms with Gasteiger partial charge in [-0.1, -0.05) is 19.4 Å². The number of nitrogens with zero attached hydrogens (tertiary/aromatic N) is 2. The van der Waals surface area contributed by atoms with Crippen LogP contribution in [-0.2, 0) is 9.59 Å². The maximum Gasteiger partial charge on any atom is 0.248 e. The van der Waals surface area contributed by atoms with Crippen LogP contribution >= 0.6 is 0 Å². The first-order chi connectivity index (χ1) is 9.42. The second-order valence-corrected chi connectivity index (χ2v) is 5.32. The Balaban J connectivity index is 2.98. The van der Waals surface area contributed by atoms with Gasteiger partial charge in [-0.3, -0.25) is 9.59 Å². The number of carbonyl (C=O) groups excluding carboxylic acids is 2. The molecular formula is C15H25N3O2. The summed E-state index contributed by atoms with van der Waals surface area (Å²) in [6.45, 7) is 6.68. The molecule has 1 saturated heterocycles. The summed E-state index contributed by atoms with van der Waals surface area (Å²) < 4.78 is 0. The van der Waals surface area contributed by atoms with E-state index in [-0.39, 0.29) is 11.8 Å². The summed E-state index contributed by atoms with van der Waals surface area (Å²) in [5.41, 5.74) is 6.96. The minimum atomic E-state index is -0.447. The zero-order valence-electron chi connectivity index (χ0n) is 12.7. The molecule has 1 rings (SSSR count). The van der Waals surface area contributed by atoms with Gasteiger partial charge in [0.25, 0.3) is 0 Å². The van der Waals surface area contributed by atoms with E-state index in [4.69, 9.17) is 5.73 Å². The number of nitrogens with two attached hydrogens (primary N) is 1. The quantitative estimate of drug-likeness (QED) is 0.561. The molecule has 0 aliphatic carbocycles. The highest BCUT2D eigenvalue weighted by Crippen LogP contribution is 2.22.